The maximum Gasteiger partial charge on any atom is 0.274 e. The van der Waals surface area contributed by atoms with Crippen molar-refractivity contribution in [2.75, 3.05) is 51.5 Å². The van der Waals surface area contributed by atoms with Crippen LogP contribution in [0.2, 0.25) is 0 Å². The minimum absolute atomic E-state index is 0.0859. The molecule has 4 aromatic rings. The second-order valence-electron chi connectivity index (χ2n) is 7.72. The number of halogens is 1. The van der Waals surface area contributed by atoms with E-state index < -0.39 is 0 Å². The van der Waals surface area contributed by atoms with Crippen molar-refractivity contribution in [3.63, 3.8) is 0 Å². The molecule has 0 spiro atoms. The lowest BCUT2D eigenvalue weighted by Gasteiger charge is -2.19. The fourth-order valence-corrected chi connectivity index (χ4v) is 4.69. The SMILES string of the molecule is CC.CCl.CNc1cc2c(c3ccccc13)CCN2C(=O)c1cc2cc(OC)c(OC)c(OC)c2[nH]1. The standard InChI is InChI=1S/C25H25N3O4.C2H6.CH3Cl/c1-26-18-13-20-17(15-7-5-6-8-16(15)18)9-10-28(20)25(29)19-11-14-12-21(30-2)23(31-3)24(32-4)22(14)27-19;2*1-2/h5-8,11-13,26-27H,9-10H2,1-4H3;1-2H3;1H3. The summed E-state index contributed by atoms with van der Waals surface area (Å²) < 4.78 is 16.5. The third kappa shape index (κ3) is 4.51. The average molecular weight is 512 g/mol. The number of fused-ring (bicyclic) bond motifs is 4. The highest BCUT2D eigenvalue weighted by atomic mass is 35.5. The molecule has 8 heteroatoms. The van der Waals surface area contributed by atoms with E-state index in [1.165, 1.54) is 17.3 Å². The van der Waals surface area contributed by atoms with Crippen LogP contribution in [0.1, 0.15) is 29.9 Å². The van der Waals surface area contributed by atoms with Crippen LogP contribution in [0.4, 0.5) is 11.4 Å². The number of nitrogens with one attached hydrogen (secondary N) is 2. The van der Waals surface area contributed by atoms with Gasteiger partial charge >= 0.3 is 0 Å². The van der Waals surface area contributed by atoms with Crippen molar-refractivity contribution < 1.29 is 19.0 Å². The van der Waals surface area contributed by atoms with Crippen LogP contribution >= 0.6 is 11.6 Å². The number of hydrogen-bond acceptors (Lipinski definition) is 5. The van der Waals surface area contributed by atoms with Crippen molar-refractivity contribution in [2.45, 2.75) is 20.3 Å². The molecule has 1 aliphatic rings. The van der Waals surface area contributed by atoms with E-state index in [1.54, 1.807) is 21.3 Å². The summed E-state index contributed by atoms with van der Waals surface area (Å²) in [5.41, 5.74) is 4.33. The van der Waals surface area contributed by atoms with Gasteiger partial charge in [0.1, 0.15) is 5.69 Å². The Morgan fingerprint density at radius 1 is 0.972 bits per heavy atom. The molecule has 7 nitrogen and oxygen atoms in total. The fraction of sp³-hybridized carbons (Fsp3) is 0.321. The Labute approximate surface area is 217 Å². The molecule has 2 N–H and O–H groups in total. The van der Waals surface area contributed by atoms with Gasteiger partial charge in [0.25, 0.3) is 5.91 Å². The Bertz CT molecular complexity index is 1370. The van der Waals surface area contributed by atoms with Crippen molar-refractivity contribution in [3.8, 4) is 17.2 Å². The van der Waals surface area contributed by atoms with Crippen LogP contribution in [0.5, 0.6) is 17.2 Å². The van der Waals surface area contributed by atoms with Crippen LogP contribution in [0.25, 0.3) is 21.7 Å². The Kier molecular flexibility index (Phi) is 8.93. The van der Waals surface area contributed by atoms with E-state index >= 15 is 0 Å². The summed E-state index contributed by atoms with van der Waals surface area (Å²) in [6.07, 6.45) is 2.29. The molecule has 5 rings (SSSR count). The first-order chi connectivity index (χ1) is 17.6. The number of aromatic nitrogens is 1. The third-order valence-electron chi connectivity index (χ3n) is 6.17. The lowest BCUT2D eigenvalue weighted by Crippen LogP contribution is -2.29. The topological polar surface area (TPSA) is 75.8 Å². The van der Waals surface area contributed by atoms with Gasteiger partial charge in [-0.3, -0.25) is 4.79 Å². The number of anilines is 2. The lowest BCUT2D eigenvalue weighted by molar-refractivity contribution is 0.0985. The normalized spacial score (nSPS) is 11.7. The molecule has 0 radical (unpaired) electrons. The van der Waals surface area contributed by atoms with Crippen molar-refractivity contribution in [2.24, 2.45) is 0 Å². The zero-order chi connectivity index (χ0) is 26.4. The van der Waals surface area contributed by atoms with E-state index in [0.29, 0.717) is 35.0 Å². The van der Waals surface area contributed by atoms with E-state index in [0.717, 1.165) is 28.6 Å². The number of carbonyl (C=O) groups is 1. The summed E-state index contributed by atoms with van der Waals surface area (Å²) in [4.78, 5) is 18.7. The van der Waals surface area contributed by atoms with Gasteiger partial charge in [0.2, 0.25) is 5.75 Å². The number of nitrogens with zero attached hydrogens (tertiary/aromatic N) is 1. The predicted octanol–water partition coefficient (Wildman–Crippen LogP) is 6.47. The molecule has 0 unspecified atom stereocenters. The van der Waals surface area contributed by atoms with Gasteiger partial charge in [-0.05, 0) is 35.6 Å². The minimum Gasteiger partial charge on any atom is -0.493 e. The molecule has 3 aromatic carbocycles. The first-order valence-corrected chi connectivity index (χ1v) is 12.6. The third-order valence-corrected chi connectivity index (χ3v) is 6.17. The summed E-state index contributed by atoms with van der Waals surface area (Å²) in [6.45, 7) is 4.63. The van der Waals surface area contributed by atoms with Crippen LogP contribution in [-0.4, -0.2) is 52.2 Å². The minimum atomic E-state index is -0.0859. The van der Waals surface area contributed by atoms with Crippen molar-refractivity contribution >= 4 is 50.6 Å². The van der Waals surface area contributed by atoms with Crippen LogP contribution in [0, 0.1) is 0 Å². The fourth-order valence-electron chi connectivity index (χ4n) is 4.69. The molecule has 0 saturated carbocycles. The molecule has 0 aliphatic carbocycles. The van der Waals surface area contributed by atoms with Gasteiger partial charge in [-0.1, -0.05) is 38.1 Å². The monoisotopic (exact) mass is 511 g/mol. The van der Waals surface area contributed by atoms with Crippen LogP contribution < -0.4 is 24.4 Å². The Balaban J connectivity index is 0.000000861. The number of hydrogen-bond donors (Lipinski definition) is 2. The van der Waals surface area contributed by atoms with Gasteiger partial charge in [-0.2, -0.15) is 0 Å². The number of carbonyl (C=O) groups excluding carboxylic acids is 1. The highest BCUT2D eigenvalue weighted by Crippen LogP contribution is 2.44. The lowest BCUT2D eigenvalue weighted by atomic mass is 10.0. The van der Waals surface area contributed by atoms with Gasteiger partial charge in [0.05, 0.1) is 26.8 Å². The number of methoxy groups -OCH3 is 3. The van der Waals surface area contributed by atoms with Crippen LogP contribution in [0.3, 0.4) is 0 Å². The molecule has 36 heavy (non-hydrogen) atoms. The summed E-state index contributed by atoms with van der Waals surface area (Å²) in [6, 6.07) is 14.0. The van der Waals surface area contributed by atoms with E-state index in [4.69, 9.17) is 14.2 Å². The highest BCUT2D eigenvalue weighted by molar-refractivity contribution is 6.15. The van der Waals surface area contributed by atoms with Crippen molar-refractivity contribution in [1.29, 1.82) is 0 Å². The molecule has 0 bridgehead atoms. The van der Waals surface area contributed by atoms with Gasteiger partial charge in [-0.15, -0.1) is 11.6 Å². The molecular weight excluding hydrogens is 478 g/mol. The van der Waals surface area contributed by atoms with E-state index in [9.17, 15) is 4.79 Å². The van der Waals surface area contributed by atoms with E-state index in [2.05, 4.69) is 40.1 Å². The average Bonchev–Trinajstić information content (AvgIpc) is 3.57. The van der Waals surface area contributed by atoms with Crippen molar-refractivity contribution in [3.05, 3.63) is 53.7 Å². The summed E-state index contributed by atoms with van der Waals surface area (Å²) in [7, 11) is 6.61. The van der Waals surface area contributed by atoms with Gasteiger partial charge in [0.15, 0.2) is 11.5 Å². The Morgan fingerprint density at radius 3 is 2.25 bits per heavy atom. The Hall–Kier alpha value is -3.58. The molecule has 192 valence electrons. The number of alkyl halides is 1. The van der Waals surface area contributed by atoms with Crippen LogP contribution in [0.15, 0.2) is 42.5 Å². The largest absolute Gasteiger partial charge is 0.493 e. The highest BCUT2D eigenvalue weighted by Gasteiger charge is 2.29. The van der Waals surface area contributed by atoms with E-state index in [1.807, 2.05) is 50.1 Å². The van der Waals surface area contributed by atoms with E-state index in [-0.39, 0.29) is 5.91 Å². The molecule has 0 atom stereocenters. The first-order valence-electron chi connectivity index (χ1n) is 11.8. The van der Waals surface area contributed by atoms with Gasteiger partial charge < -0.3 is 29.4 Å². The van der Waals surface area contributed by atoms with Crippen molar-refractivity contribution in [1.82, 2.24) is 4.98 Å². The maximum atomic E-state index is 13.6. The number of ether oxygens (including phenoxy) is 3. The first kappa shape index (κ1) is 27.0. The molecule has 1 aliphatic heterocycles. The summed E-state index contributed by atoms with van der Waals surface area (Å²) >= 11 is 4.64. The molecule has 1 amide bonds. The molecule has 2 heterocycles. The predicted molar refractivity (Wildman–Crippen MR) is 150 cm³/mol. The van der Waals surface area contributed by atoms with Gasteiger partial charge in [-0.25, -0.2) is 0 Å². The zero-order valence-electron chi connectivity index (χ0n) is 21.9. The molecule has 0 fully saturated rings. The van der Waals surface area contributed by atoms with Gasteiger partial charge in [0, 0.05) is 42.1 Å². The second kappa shape index (κ2) is 11.9. The number of aromatic amines is 1. The molecular formula is C28H34ClN3O4. The van der Waals surface area contributed by atoms with Crippen LogP contribution in [-0.2, 0) is 6.42 Å². The zero-order valence-corrected chi connectivity index (χ0v) is 22.7. The summed E-state index contributed by atoms with van der Waals surface area (Å²) in [5.74, 6) is 1.45. The molecule has 0 saturated heterocycles. The molecule has 1 aromatic heterocycles. The number of benzene rings is 3. The Morgan fingerprint density at radius 2 is 1.64 bits per heavy atom. The smallest absolute Gasteiger partial charge is 0.274 e. The maximum absolute atomic E-state index is 13.6. The number of H-pyrrole nitrogens is 1. The second-order valence-corrected chi connectivity index (χ2v) is 7.72. The number of amides is 1. The summed E-state index contributed by atoms with van der Waals surface area (Å²) in [5, 5.41) is 6.43. The quantitative estimate of drug-likeness (QED) is 0.300. The number of rotatable bonds is 5.